The molecule has 0 aromatic heterocycles. The van der Waals surface area contributed by atoms with E-state index >= 15 is 0 Å². The maximum absolute atomic E-state index is 11.3. The Kier molecular flexibility index (Phi) is 3.52. The van der Waals surface area contributed by atoms with Crippen LogP contribution in [0, 0.1) is 17.8 Å². The van der Waals surface area contributed by atoms with Gasteiger partial charge in [-0.05, 0) is 6.92 Å². The van der Waals surface area contributed by atoms with E-state index in [1.165, 1.54) is 0 Å². The molecule has 0 spiro atoms. The van der Waals surface area contributed by atoms with Crippen molar-refractivity contribution in [1.82, 2.24) is 4.90 Å². The van der Waals surface area contributed by atoms with E-state index in [4.69, 9.17) is 5.11 Å². The second-order valence-electron chi connectivity index (χ2n) is 3.26. The molecule has 1 amide bonds. The average Bonchev–Trinajstić information content (AvgIpc) is 2.49. The second-order valence-corrected chi connectivity index (χ2v) is 3.26. The summed E-state index contributed by atoms with van der Waals surface area (Å²) in [6.45, 7) is 2.62. The third-order valence-corrected chi connectivity index (χ3v) is 2.25. The number of likely N-dealkylation sites (tertiary alicyclic amines) is 1. The van der Waals surface area contributed by atoms with Crippen molar-refractivity contribution in [1.29, 1.82) is 0 Å². The summed E-state index contributed by atoms with van der Waals surface area (Å²) in [6, 6.07) is 0. The molecule has 1 heterocycles. The van der Waals surface area contributed by atoms with Gasteiger partial charge >= 0.3 is 5.97 Å². The van der Waals surface area contributed by atoms with Crippen molar-refractivity contribution in [2.45, 2.75) is 19.8 Å². The fourth-order valence-electron chi connectivity index (χ4n) is 1.47. The number of carbonyl (C=O) groups excluding carboxylic acids is 1. The maximum Gasteiger partial charge on any atom is 0.308 e. The van der Waals surface area contributed by atoms with Crippen LogP contribution in [0.25, 0.3) is 0 Å². The van der Waals surface area contributed by atoms with Crippen LogP contribution < -0.4 is 0 Å². The summed E-state index contributed by atoms with van der Waals surface area (Å²) in [5.74, 6) is 4.09. The molecule has 0 saturated carbocycles. The fraction of sp³-hybridized carbons (Fsp3) is 0.600. The lowest BCUT2D eigenvalue weighted by Crippen LogP contribution is -2.27. The van der Waals surface area contributed by atoms with Gasteiger partial charge in [0, 0.05) is 25.9 Å². The number of carboxylic acids is 1. The largest absolute Gasteiger partial charge is 0.481 e. The zero-order chi connectivity index (χ0) is 10.6. The first-order chi connectivity index (χ1) is 6.65. The molecule has 1 atom stereocenters. The lowest BCUT2D eigenvalue weighted by Gasteiger charge is -2.13. The van der Waals surface area contributed by atoms with Gasteiger partial charge in [0.1, 0.15) is 0 Å². The number of nitrogens with zero attached hydrogens (tertiary/aromatic N) is 1. The minimum Gasteiger partial charge on any atom is -0.481 e. The van der Waals surface area contributed by atoms with Gasteiger partial charge in [0.15, 0.2) is 0 Å². The first-order valence-corrected chi connectivity index (χ1v) is 4.55. The Bertz CT molecular complexity index is 300. The van der Waals surface area contributed by atoms with E-state index in [2.05, 4.69) is 11.8 Å². The predicted molar refractivity (Wildman–Crippen MR) is 50.4 cm³/mol. The van der Waals surface area contributed by atoms with E-state index < -0.39 is 11.9 Å². The number of hydrogen-bond donors (Lipinski definition) is 1. The third kappa shape index (κ3) is 2.49. The van der Waals surface area contributed by atoms with E-state index in [0.717, 1.165) is 0 Å². The van der Waals surface area contributed by atoms with Crippen LogP contribution in [0.4, 0.5) is 0 Å². The standard InChI is InChI=1S/C10H13NO3/c1-2-3-4-5-11-7-8(10(13)14)6-9(11)12/h8H,4-7H2,1H3,(H,13,14). The van der Waals surface area contributed by atoms with Crippen LogP contribution in [0.3, 0.4) is 0 Å². The van der Waals surface area contributed by atoms with Crippen molar-refractivity contribution in [2.75, 3.05) is 13.1 Å². The van der Waals surface area contributed by atoms with Crippen LogP contribution in [0.5, 0.6) is 0 Å². The fourth-order valence-corrected chi connectivity index (χ4v) is 1.47. The van der Waals surface area contributed by atoms with E-state index in [1.54, 1.807) is 11.8 Å². The lowest BCUT2D eigenvalue weighted by molar-refractivity contribution is -0.141. The molecule has 1 fully saturated rings. The highest BCUT2D eigenvalue weighted by Crippen LogP contribution is 2.17. The monoisotopic (exact) mass is 195 g/mol. The molecule has 0 aromatic carbocycles. The van der Waals surface area contributed by atoms with Gasteiger partial charge in [0.25, 0.3) is 0 Å². The van der Waals surface area contributed by atoms with Crippen LogP contribution >= 0.6 is 0 Å². The number of carbonyl (C=O) groups is 2. The Balaban J connectivity index is 2.43. The second kappa shape index (κ2) is 4.66. The van der Waals surface area contributed by atoms with E-state index in [1.807, 2.05) is 0 Å². The van der Waals surface area contributed by atoms with Crippen LogP contribution in [0.1, 0.15) is 19.8 Å². The molecule has 1 aliphatic rings. The van der Waals surface area contributed by atoms with Crippen LogP contribution in [0.15, 0.2) is 0 Å². The van der Waals surface area contributed by atoms with Crippen molar-refractivity contribution < 1.29 is 14.7 Å². The van der Waals surface area contributed by atoms with Gasteiger partial charge in [-0.2, -0.15) is 0 Å². The highest BCUT2D eigenvalue weighted by molar-refractivity contribution is 5.86. The minimum atomic E-state index is -0.887. The molecule has 0 aliphatic carbocycles. The Morgan fingerprint density at radius 1 is 1.71 bits per heavy atom. The Labute approximate surface area is 82.9 Å². The van der Waals surface area contributed by atoms with Gasteiger partial charge < -0.3 is 10.0 Å². The summed E-state index contributed by atoms with van der Waals surface area (Å²) in [4.78, 5) is 23.5. The quantitative estimate of drug-likeness (QED) is 0.660. The molecule has 1 N–H and O–H groups in total. The number of hydrogen-bond acceptors (Lipinski definition) is 2. The van der Waals surface area contributed by atoms with Gasteiger partial charge in [0.2, 0.25) is 5.91 Å². The Hall–Kier alpha value is -1.50. The molecule has 1 saturated heterocycles. The lowest BCUT2D eigenvalue weighted by atomic mass is 10.1. The van der Waals surface area contributed by atoms with Gasteiger partial charge in [-0.25, -0.2) is 0 Å². The molecule has 0 bridgehead atoms. The maximum atomic E-state index is 11.3. The molecular formula is C10H13NO3. The normalized spacial score (nSPS) is 20.5. The van der Waals surface area contributed by atoms with Crippen LogP contribution in [-0.2, 0) is 9.59 Å². The molecule has 14 heavy (non-hydrogen) atoms. The molecule has 4 heteroatoms. The highest BCUT2D eigenvalue weighted by Gasteiger charge is 2.33. The Morgan fingerprint density at radius 2 is 2.43 bits per heavy atom. The molecular weight excluding hydrogens is 182 g/mol. The summed E-state index contributed by atoms with van der Waals surface area (Å²) >= 11 is 0. The molecule has 0 radical (unpaired) electrons. The van der Waals surface area contributed by atoms with E-state index in [-0.39, 0.29) is 12.3 Å². The number of amides is 1. The summed E-state index contributed by atoms with van der Waals surface area (Å²) in [5, 5.41) is 8.71. The zero-order valence-electron chi connectivity index (χ0n) is 8.12. The number of aliphatic carboxylic acids is 1. The smallest absolute Gasteiger partial charge is 0.308 e. The molecule has 0 aromatic rings. The summed E-state index contributed by atoms with van der Waals surface area (Å²) in [7, 11) is 0. The first-order valence-electron chi connectivity index (χ1n) is 4.55. The van der Waals surface area contributed by atoms with E-state index in [0.29, 0.717) is 19.5 Å². The number of carboxylic acid groups (broad SMARTS) is 1. The van der Waals surface area contributed by atoms with Gasteiger partial charge in [-0.1, -0.05) is 0 Å². The van der Waals surface area contributed by atoms with Gasteiger partial charge in [-0.15, -0.1) is 11.8 Å². The van der Waals surface area contributed by atoms with Crippen molar-refractivity contribution in [2.24, 2.45) is 5.92 Å². The topological polar surface area (TPSA) is 57.6 Å². The number of rotatable bonds is 3. The zero-order valence-corrected chi connectivity index (χ0v) is 8.12. The van der Waals surface area contributed by atoms with Crippen molar-refractivity contribution >= 4 is 11.9 Å². The van der Waals surface area contributed by atoms with Crippen molar-refractivity contribution in [3.63, 3.8) is 0 Å². The molecule has 4 nitrogen and oxygen atoms in total. The van der Waals surface area contributed by atoms with Gasteiger partial charge in [-0.3, -0.25) is 9.59 Å². The first kappa shape index (κ1) is 10.6. The van der Waals surface area contributed by atoms with Crippen molar-refractivity contribution in [3.8, 4) is 11.8 Å². The predicted octanol–water partition coefficient (Wildman–Crippen LogP) is 0.333. The molecule has 1 rings (SSSR count). The van der Waals surface area contributed by atoms with Crippen molar-refractivity contribution in [3.05, 3.63) is 0 Å². The molecule has 1 unspecified atom stereocenters. The van der Waals surface area contributed by atoms with Crippen LogP contribution in [-0.4, -0.2) is 35.0 Å². The van der Waals surface area contributed by atoms with Crippen LogP contribution in [0.2, 0.25) is 0 Å². The summed E-state index contributed by atoms with van der Waals surface area (Å²) in [5.41, 5.74) is 0. The summed E-state index contributed by atoms with van der Waals surface area (Å²) in [6.07, 6.45) is 0.753. The average molecular weight is 195 g/mol. The highest BCUT2D eigenvalue weighted by atomic mass is 16.4. The van der Waals surface area contributed by atoms with Gasteiger partial charge in [0.05, 0.1) is 5.92 Å². The third-order valence-electron chi connectivity index (χ3n) is 2.25. The minimum absolute atomic E-state index is 0.0738. The van der Waals surface area contributed by atoms with E-state index in [9.17, 15) is 9.59 Å². The Morgan fingerprint density at radius 3 is 2.93 bits per heavy atom. The molecule has 76 valence electrons. The molecule has 1 aliphatic heterocycles. The SMILES string of the molecule is CC#CCCN1CC(C(=O)O)CC1=O. The summed E-state index contributed by atoms with van der Waals surface area (Å²) < 4.78 is 0.